The lowest BCUT2D eigenvalue weighted by Gasteiger charge is -2.07. The maximum absolute atomic E-state index is 13.9. The van der Waals surface area contributed by atoms with Gasteiger partial charge in [-0.25, -0.2) is 28.7 Å². The standard InChI is InChI=1S/C15H12FN7.C14H13FN6/c16-10-4-2-1-3-9(10)7-11-14-18-5-6-23(14)8-12(19-11)13-20-15(17)22-21-13;15-10-4-2-1-3-9(10)7-11-14-18-5-6-21(14)8-12(19-11)13(16)20-17/h1-6,8H,7H2,(H3,17,20,21,22);1-6,8H,7,17H2,(H2,16,20). The van der Waals surface area contributed by atoms with Gasteiger partial charge in [0, 0.05) is 50.0 Å². The van der Waals surface area contributed by atoms with E-state index in [4.69, 9.17) is 17.3 Å². The predicted octanol–water partition coefficient (Wildman–Crippen LogP) is 2.86. The van der Waals surface area contributed by atoms with E-state index in [1.54, 1.807) is 78.0 Å². The summed E-state index contributed by atoms with van der Waals surface area (Å²) in [6, 6.07) is 13.2. The van der Waals surface area contributed by atoms with Gasteiger partial charge in [0.15, 0.2) is 23.0 Å². The van der Waals surface area contributed by atoms with Crippen LogP contribution in [0.25, 0.3) is 22.8 Å². The number of nitrogens with two attached hydrogens (primary N) is 3. The zero-order chi connectivity index (χ0) is 30.6. The fraction of sp³-hybridized carbons (Fsp3) is 0.0690. The number of nitrogen functional groups attached to an aromatic ring is 1. The predicted molar refractivity (Wildman–Crippen MR) is 159 cm³/mol. The van der Waals surface area contributed by atoms with Crippen LogP contribution in [0.15, 0.2) is 90.8 Å². The molecule has 0 aliphatic heterocycles. The largest absolute Gasteiger partial charge is 0.380 e. The Bertz CT molecular complexity index is 2110. The van der Waals surface area contributed by atoms with E-state index in [9.17, 15) is 8.78 Å². The molecule has 0 amide bonds. The van der Waals surface area contributed by atoms with Crippen LogP contribution in [0, 0.1) is 11.6 Å². The average molecular weight is 594 g/mol. The second-order valence-electron chi connectivity index (χ2n) is 9.55. The number of nitrogens with zero attached hydrogens (tertiary/aromatic N) is 9. The first-order valence-electron chi connectivity index (χ1n) is 13.2. The molecule has 0 saturated carbocycles. The minimum absolute atomic E-state index is 0.111. The van der Waals surface area contributed by atoms with E-state index in [1.165, 1.54) is 12.1 Å². The molecule has 0 radical (unpaired) electrons. The maximum Gasteiger partial charge on any atom is 0.239 e. The average Bonchev–Trinajstić information content (AvgIpc) is 3.80. The Morgan fingerprint density at radius 2 is 1.36 bits per heavy atom. The first-order chi connectivity index (χ1) is 21.4. The zero-order valence-corrected chi connectivity index (χ0v) is 23.0. The van der Waals surface area contributed by atoms with Gasteiger partial charge in [0.05, 0.1) is 11.4 Å². The van der Waals surface area contributed by atoms with Crippen molar-refractivity contribution in [3.63, 3.8) is 0 Å². The Balaban J connectivity index is 0.000000157. The normalized spacial score (nSPS) is 11.5. The second-order valence-corrected chi connectivity index (χ2v) is 9.55. The molecule has 5 heterocycles. The lowest BCUT2D eigenvalue weighted by molar-refractivity contribution is 0.613. The van der Waals surface area contributed by atoms with Crippen LogP contribution in [0.2, 0.25) is 0 Å². The number of halogens is 2. The van der Waals surface area contributed by atoms with Gasteiger partial charge in [-0.15, -0.1) is 5.10 Å². The molecule has 220 valence electrons. The number of hydrogen-bond donors (Lipinski definition) is 4. The van der Waals surface area contributed by atoms with Crippen LogP contribution in [0.5, 0.6) is 0 Å². The number of benzene rings is 2. The van der Waals surface area contributed by atoms with E-state index in [-0.39, 0.29) is 23.4 Å². The van der Waals surface area contributed by atoms with Gasteiger partial charge in [-0.3, -0.25) is 5.10 Å². The third kappa shape index (κ3) is 5.74. The molecule has 0 aliphatic carbocycles. The molecular formula is C29H25F2N13. The number of fused-ring (bicyclic) bond motifs is 2. The van der Waals surface area contributed by atoms with Gasteiger partial charge in [0.2, 0.25) is 5.95 Å². The smallest absolute Gasteiger partial charge is 0.239 e. The number of anilines is 1. The van der Waals surface area contributed by atoms with Crippen LogP contribution >= 0.6 is 0 Å². The number of amidine groups is 1. The minimum Gasteiger partial charge on any atom is -0.380 e. The van der Waals surface area contributed by atoms with Crippen molar-refractivity contribution in [1.29, 1.82) is 0 Å². The Morgan fingerprint density at radius 1 is 0.795 bits per heavy atom. The molecule has 0 bridgehead atoms. The van der Waals surface area contributed by atoms with Crippen molar-refractivity contribution < 1.29 is 8.78 Å². The van der Waals surface area contributed by atoms with Crippen LogP contribution in [0.1, 0.15) is 28.2 Å². The molecule has 0 spiro atoms. The summed E-state index contributed by atoms with van der Waals surface area (Å²) >= 11 is 0. The van der Waals surface area contributed by atoms with Gasteiger partial charge in [-0.2, -0.15) is 10.1 Å². The van der Waals surface area contributed by atoms with E-state index < -0.39 is 0 Å². The van der Waals surface area contributed by atoms with Crippen LogP contribution in [-0.2, 0) is 12.8 Å². The first-order valence-corrected chi connectivity index (χ1v) is 13.2. The molecule has 7 aromatic rings. The number of aromatic nitrogens is 9. The Labute approximate surface area is 248 Å². The van der Waals surface area contributed by atoms with Crippen molar-refractivity contribution in [2.75, 3.05) is 5.73 Å². The summed E-state index contributed by atoms with van der Waals surface area (Å²) in [7, 11) is 0. The van der Waals surface area contributed by atoms with Crippen molar-refractivity contribution in [2.24, 2.45) is 16.7 Å². The third-order valence-corrected chi connectivity index (χ3v) is 6.67. The Morgan fingerprint density at radius 3 is 1.91 bits per heavy atom. The molecular weight excluding hydrogens is 568 g/mol. The number of H-pyrrole nitrogens is 1. The highest BCUT2D eigenvalue weighted by atomic mass is 19.1. The summed E-state index contributed by atoms with van der Waals surface area (Å²) in [5.41, 5.74) is 15.9. The second kappa shape index (κ2) is 11.9. The molecule has 0 aliphatic rings. The summed E-state index contributed by atoms with van der Waals surface area (Å²) < 4.78 is 31.3. The van der Waals surface area contributed by atoms with E-state index in [0.717, 1.165) is 0 Å². The number of imidazole rings is 2. The van der Waals surface area contributed by atoms with Crippen LogP contribution in [0.4, 0.5) is 14.7 Å². The highest BCUT2D eigenvalue weighted by Crippen LogP contribution is 2.20. The number of hydrogen-bond acceptors (Lipinski definition) is 9. The lowest BCUT2D eigenvalue weighted by Crippen LogP contribution is -2.19. The van der Waals surface area contributed by atoms with E-state index >= 15 is 0 Å². The van der Waals surface area contributed by atoms with Gasteiger partial charge in [-0.05, 0) is 23.3 Å². The quantitative estimate of drug-likeness (QED) is 0.0971. The van der Waals surface area contributed by atoms with Gasteiger partial charge in [0.1, 0.15) is 23.0 Å². The maximum atomic E-state index is 13.9. The van der Waals surface area contributed by atoms with Gasteiger partial charge in [-0.1, -0.05) is 36.4 Å². The van der Waals surface area contributed by atoms with Gasteiger partial charge in [0.25, 0.3) is 0 Å². The molecule has 7 N–H and O–H groups in total. The summed E-state index contributed by atoms with van der Waals surface area (Å²) in [5.74, 6) is 5.34. The number of aromatic amines is 1. The molecule has 7 rings (SSSR count). The highest BCUT2D eigenvalue weighted by Gasteiger charge is 2.15. The SMILES string of the molecule is NN=C(N)c1cn2ccnc2c(Cc2ccccc2F)n1.Nc1n[nH]c(-c2cn3ccnc3c(Cc3ccccc3F)n2)n1. The van der Waals surface area contributed by atoms with Crippen molar-refractivity contribution in [1.82, 2.24) is 43.9 Å². The Hall–Kier alpha value is -6.25. The molecule has 13 nitrogen and oxygen atoms in total. The molecule has 5 aromatic heterocycles. The minimum atomic E-state index is -0.283. The highest BCUT2D eigenvalue weighted by molar-refractivity contribution is 5.95. The molecule has 44 heavy (non-hydrogen) atoms. The number of hydrazone groups is 1. The fourth-order valence-electron chi connectivity index (χ4n) is 4.57. The van der Waals surface area contributed by atoms with E-state index in [1.807, 2.05) is 4.40 Å². The van der Waals surface area contributed by atoms with Crippen molar-refractivity contribution in [3.8, 4) is 11.5 Å². The number of rotatable bonds is 6. The fourth-order valence-corrected chi connectivity index (χ4v) is 4.57. The van der Waals surface area contributed by atoms with Crippen molar-refractivity contribution in [2.45, 2.75) is 12.8 Å². The monoisotopic (exact) mass is 593 g/mol. The Kier molecular flexibility index (Phi) is 7.56. The lowest BCUT2D eigenvalue weighted by atomic mass is 10.1. The molecule has 2 aromatic carbocycles. The van der Waals surface area contributed by atoms with Crippen molar-refractivity contribution in [3.05, 3.63) is 126 Å². The van der Waals surface area contributed by atoms with Crippen molar-refractivity contribution >= 4 is 23.1 Å². The molecule has 0 fully saturated rings. The summed E-state index contributed by atoms with van der Waals surface area (Å²) in [6.45, 7) is 0. The molecule has 0 atom stereocenters. The molecule has 0 unspecified atom stereocenters. The topological polar surface area (TPSA) is 192 Å². The van der Waals surface area contributed by atoms with Gasteiger partial charge >= 0.3 is 0 Å². The molecule has 15 heteroatoms. The van der Waals surface area contributed by atoms with Crippen LogP contribution in [-0.4, -0.2) is 49.8 Å². The number of nitrogens with one attached hydrogen (secondary N) is 1. The van der Waals surface area contributed by atoms with Crippen LogP contribution < -0.4 is 17.3 Å². The van der Waals surface area contributed by atoms with Gasteiger partial charge < -0.3 is 26.1 Å². The summed E-state index contributed by atoms with van der Waals surface area (Å²) in [6.07, 6.45) is 10.9. The first kappa shape index (κ1) is 27.9. The summed E-state index contributed by atoms with van der Waals surface area (Å²) in [5, 5.41) is 9.97. The zero-order valence-electron chi connectivity index (χ0n) is 23.0. The van der Waals surface area contributed by atoms with E-state index in [0.29, 0.717) is 63.9 Å². The summed E-state index contributed by atoms with van der Waals surface area (Å²) in [4.78, 5) is 21.6. The van der Waals surface area contributed by atoms with Crippen LogP contribution in [0.3, 0.4) is 0 Å². The van der Waals surface area contributed by atoms with E-state index in [2.05, 4.69) is 40.2 Å². The molecule has 0 saturated heterocycles. The third-order valence-electron chi connectivity index (χ3n) is 6.67.